The van der Waals surface area contributed by atoms with Gasteiger partial charge in [0, 0.05) is 46.5 Å². The van der Waals surface area contributed by atoms with Gasteiger partial charge >= 0.3 is 0 Å². The molecule has 0 saturated carbocycles. The van der Waals surface area contributed by atoms with E-state index in [4.69, 9.17) is 39.8 Å². The summed E-state index contributed by atoms with van der Waals surface area (Å²) in [6.07, 6.45) is 7.57. The average molecular weight is 530 g/mol. The predicted octanol–water partition coefficient (Wildman–Crippen LogP) is 6.86. The summed E-state index contributed by atoms with van der Waals surface area (Å²) in [4.78, 5) is 27.1. The Morgan fingerprint density at radius 3 is 2.20 bits per heavy atom. The van der Waals surface area contributed by atoms with E-state index in [-0.39, 0.29) is 11.7 Å². The second kappa shape index (κ2) is 10.8. The largest absolute Gasteiger partial charge is 0.336 e. The van der Waals surface area contributed by atoms with Gasteiger partial charge in [0.1, 0.15) is 0 Å². The Kier molecular flexibility index (Phi) is 7.59. The van der Waals surface area contributed by atoms with Crippen molar-refractivity contribution in [3.8, 4) is 22.4 Å². The summed E-state index contributed by atoms with van der Waals surface area (Å²) < 4.78 is 0. The zero-order valence-corrected chi connectivity index (χ0v) is 21.7. The molecule has 2 aliphatic rings. The van der Waals surface area contributed by atoms with E-state index < -0.39 is 0 Å². The molecule has 1 amide bonds. The minimum Gasteiger partial charge on any atom is -0.336 e. The topological polar surface area (TPSA) is 49.3 Å². The summed E-state index contributed by atoms with van der Waals surface area (Å²) in [5.74, 6) is 0.0382. The molecule has 35 heavy (non-hydrogen) atoms. The van der Waals surface area contributed by atoms with Crippen LogP contribution >= 0.6 is 34.8 Å². The summed E-state index contributed by atoms with van der Waals surface area (Å²) in [5.41, 5.74) is 2.94. The third kappa shape index (κ3) is 5.49. The number of hydrogen-bond donors (Lipinski definition) is 0. The lowest BCUT2D eigenvalue weighted by molar-refractivity contribution is 0.0579. The van der Waals surface area contributed by atoms with Gasteiger partial charge < -0.3 is 9.80 Å². The number of nitrogens with zero attached hydrogens (tertiary/aromatic N) is 4. The first-order chi connectivity index (χ1) is 17.0. The second-order valence-electron chi connectivity index (χ2n) is 9.21. The maximum Gasteiger partial charge on any atom is 0.291 e. The van der Waals surface area contributed by atoms with E-state index in [2.05, 4.69) is 9.88 Å². The van der Waals surface area contributed by atoms with E-state index in [1.807, 2.05) is 35.2 Å². The summed E-state index contributed by atoms with van der Waals surface area (Å²) in [5, 5.41) is 1.64. The molecule has 0 N–H and O–H groups in total. The molecule has 3 heterocycles. The summed E-state index contributed by atoms with van der Waals surface area (Å²) in [6.45, 7) is 3.80. The molecule has 5 nitrogen and oxygen atoms in total. The van der Waals surface area contributed by atoms with Crippen LogP contribution in [0.2, 0.25) is 15.1 Å². The zero-order valence-electron chi connectivity index (χ0n) is 19.4. The fourth-order valence-electron chi connectivity index (χ4n) is 5.07. The number of hydrogen-bond acceptors (Lipinski definition) is 4. The average Bonchev–Trinajstić information content (AvgIpc) is 2.89. The monoisotopic (exact) mass is 528 g/mol. The van der Waals surface area contributed by atoms with Gasteiger partial charge in [-0.2, -0.15) is 0 Å². The smallest absolute Gasteiger partial charge is 0.291 e. The van der Waals surface area contributed by atoms with Gasteiger partial charge in [-0.15, -0.1) is 0 Å². The molecule has 3 aromatic rings. The standard InChI is InChI=1S/C27H27Cl3N4O/c28-19-6-4-18(5-7-19)23-17-31-26(32-25(23)22-9-8-20(29)16-24(22)30)27(35)34-14-10-21(11-15-34)33-12-2-1-3-13-33/h4-9,16-17,21H,1-3,10-15H2. The summed E-state index contributed by atoms with van der Waals surface area (Å²) in [6, 6.07) is 13.3. The van der Waals surface area contributed by atoms with Crippen LogP contribution in [0, 0.1) is 0 Å². The van der Waals surface area contributed by atoms with E-state index in [0.717, 1.165) is 37.1 Å². The van der Waals surface area contributed by atoms with Crippen molar-refractivity contribution in [1.29, 1.82) is 0 Å². The van der Waals surface area contributed by atoms with Crippen molar-refractivity contribution in [2.45, 2.75) is 38.1 Å². The van der Waals surface area contributed by atoms with Gasteiger partial charge in [-0.1, -0.05) is 53.4 Å². The van der Waals surface area contributed by atoms with E-state index in [1.165, 1.54) is 32.4 Å². The molecule has 0 spiro atoms. The lowest BCUT2D eigenvalue weighted by Crippen LogP contribution is -2.48. The summed E-state index contributed by atoms with van der Waals surface area (Å²) in [7, 11) is 0. The molecule has 182 valence electrons. The lowest BCUT2D eigenvalue weighted by Gasteiger charge is -2.40. The molecule has 2 saturated heterocycles. The Hall–Kier alpha value is -2.18. The van der Waals surface area contributed by atoms with Crippen molar-refractivity contribution in [3.05, 3.63) is 69.6 Å². The van der Waals surface area contributed by atoms with Crippen LogP contribution in [0.15, 0.2) is 48.7 Å². The number of aromatic nitrogens is 2. The maximum absolute atomic E-state index is 13.4. The minimum atomic E-state index is -0.143. The predicted molar refractivity (Wildman–Crippen MR) is 142 cm³/mol. The zero-order chi connectivity index (χ0) is 24.4. The van der Waals surface area contributed by atoms with Gasteiger partial charge in [0.15, 0.2) is 0 Å². The van der Waals surface area contributed by atoms with E-state index in [9.17, 15) is 4.79 Å². The first kappa shape index (κ1) is 24.5. The molecule has 0 unspecified atom stereocenters. The molecule has 2 aromatic carbocycles. The van der Waals surface area contributed by atoms with Gasteiger partial charge in [-0.25, -0.2) is 9.97 Å². The highest BCUT2D eigenvalue weighted by atomic mass is 35.5. The van der Waals surface area contributed by atoms with Crippen LogP contribution in [-0.4, -0.2) is 57.9 Å². The molecule has 2 fully saturated rings. The fourth-order valence-corrected chi connectivity index (χ4v) is 5.70. The third-order valence-corrected chi connectivity index (χ3v) is 7.78. The Morgan fingerprint density at radius 1 is 0.829 bits per heavy atom. The number of amides is 1. The molecular formula is C27H27Cl3N4O. The Morgan fingerprint density at radius 2 is 1.51 bits per heavy atom. The number of carbonyl (C=O) groups excluding carboxylic acids is 1. The van der Waals surface area contributed by atoms with Crippen molar-refractivity contribution in [2.75, 3.05) is 26.2 Å². The van der Waals surface area contributed by atoms with Crippen molar-refractivity contribution >= 4 is 40.7 Å². The van der Waals surface area contributed by atoms with Crippen molar-refractivity contribution in [2.24, 2.45) is 0 Å². The molecule has 8 heteroatoms. The molecular weight excluding hydrogens is 503 g/mol. The van der Waals surface area contributed by atoms with Crippen LogP contribution in [0.3, 0.4) is 0 Å². The number of carbonyl (C=O) groups is 1. The van der Waals surface area contributed by atoms with Gasteiger partial charge in [-0.05, 0) is 74.7 Å². The SMILES string of the molecule is O=C(c1ncc(-c2ccc(Cl)cc2)c(-c2ccc(Cl)cc2Cl)n1)N1CCC(N2CCCCC2)CC1. The number of rotatable bonds is 4. The third-order valence-electron chi connectivity index (χ3n) is 6.98. The second-order valence-corrected chi connectivity index (χ2v) is 10.5. The molecule has 0 atom stereocenters. The van der Waals surface area contributed by atoms with Gasteiger partial charge in [0.2, 0.25) is 5.82 Å². The van der Waals surface area contributed by atoms with Crippen molar-refractivity contribution in [3.63, 3.8) is 0 Å². The van der Waals surface area contributed by atoms with Crippen molar-refractivity contribution in [1.82, 2.24) is 19.8 Å². The minimum absolute atomic E-state index is 0.143. The fraction of sp³-hybridized carbons (Fsp3) is 0.370. The summed E-state index contributed by atoms with van der Waals surface area (Å²) >= 11 is 18.8. The first-order valence-electron chi connectivity index (χ1n) is 12.1. The number of benzene rings is 2. The Bertz CT molecular complexity index is 1200. The highest BCUT2D eigenvalue weighted by Gasteiger charge is 2.29. The van der Waals surface area contributed by atoms with Crippen LogP contribution in [0.1, 0.15) is 42.7 Å². The molecule has 0 aliphatic carbocycles. The molecule has 2 aliphatic heterocycles. The Labute approximate surface area is 221 Å². The molecule has 0 radical (unpaired) electrons. The lowest BCUT2D eigenvalue weighted by atomic mass is 9.99. The van der Waals surface area contributed by atoms with E-state index >= 15 is 0 Å². The molecule has 5 rings (SSSR count). The van der Waals surface area contributed by atoms with Crippen LogP contribution in [0.4, 0.5) is 0 Å². The van der Waals surface area contributed by atoms with Crippen molar-refractivity contribution < 1.29 is 4.79 Å². The van der Waals surface area contributed by atoms with E-state index in [1.54, 1.807) is 18.3 Å². The maximum atomic E-state index is 13.4. The van der Waals surface area contributed by atoms with Crippen LogP contribution in [0.25, 0.3) is 22.4 Å². The normalized spacial score (nSPS) is 17.5. The quantitative estimate of drug-likeness (QED) is 0.370. The molecule has 1 aromatic heterocycles. The first-order valence-corrected chi connectivity index (χ1v) is 13.2. The number of piperidine rings is 2. The highest BCUT2D eigenvalue weighted by molar-refractivity contribution is 6.36. The Balaban J connectivity index is 1.42. The number of likely N-dealkylation sites (tertiary alicyclic amines) is 2. The number of halogens is 3. The highest BCUT2D eigenvalue weighted by Crippen LogP contribution is 2.36. The van der Waals surface area contributed by atoms with Gasteiger partial charge in [0.25, 0.3) is 5.91 Å². The van der Waals surface area contributed by atoms with Crippen LogP contribution in [-0.2, 0) is 0 Å². The van der Waals surface area contributed by atoms with E-state index in [0.29, 0.717) is 32.4 Å². The van der Waals surface area contributed by atoms with Gasteiger partial charge in [0.05, 0.1) is 10.7 Å². The molecule has 0 bridgehead atoms. The van der Waals surface area contributed by atoms with Crippen LogP contribution < -0.4 is 0 Å². The van der Waals surface area contributed by atoms with Crippen LogP contribution in [0.5, 0.6) is 0 Å². The van der Waals surface area contributed by atoms with Gasteiger partial charge in [-0.3, -0.25) is 4.79 Å².